The van der Waals surface area contributed by atoms with E-state index in [4.69, 9.17) is 4.74 Å². The summed E-state index contributed by atoms with van der Waals surface area (Å²) in [5, 5.41) is 3.82. The van der Waals surface area contributed by atoms with Crippen LogP contribution in [0.4, 0.5) is 0 Å². The highest BCUT2D eigenvalue weighted by atomic mass is 16.5. The van der Waals surface area contributed by atoms with E-state index in [0.717, 1.165) is 37.1 Å². The zero-order chi connectivity index (χ0) is 13.1. The van der Waals surface area contributed by atoms with Crippen LogP contribution in [0.5, 0.6) is 0 Å². The highest BCUT2D eigenvalue weighted by Gasteiger charge is 2.37. The maximum atomic E-state index is 5.50. The molecular weight excluding hydrogens is 236 g/mol. The smallest absolute Gasteiger partial charge is 0.0469 e. The summed E-state index contributed by atoms with van der Waals surface area (Å²) < 4.78 is 5.50. The van der Waals surface area contributed by atoms with E-state index in [2.05, 4.69) is 17.1 Å². The third-order valence-corrected chi connectivity index (χ3v) is 5.21. The van der Waals surface area contributed by atoms with Crippen molar-refractivity contribution in [3.05, 3.63) is 0 Å². The van der Waals surface area contributed by atoms with Gasteiger partial charge in [0.15, 0.2) is 0 Å². The summed E-state index contributed by atoms with van der Waals surface area (Å²) in [6.45, 7) is 8.13. The quantitative estimate of drug-likeness (QED) is 0.826. The minimum absolute atomic E-state index is 0.780. The molecule has 110 valence electrons. The summed E-state index contributed by atoms with van der Waals surface area (Å²) in [6, 6.07) is 1.57. The largest absolute Gasteiger partial charge is 0.381 e. The van der Waals surface area contributed by atoms with Crippen LogP contribution in [0.25, 0.3) is 0 Å². The number of piperazine rings is 1. The molecule has 0 radical (unpaired) electrons. The molecule has 3 heteroatoms. The van der Waals surface area contributed by atoms with Crippen LogP contribution in [0.3, 0.4) is 0 Å². The van der Waals surface area contributed by atoms with Crippen LogP contribution in [0.1, 0.15) is 45.4 Å². The first-order valence-electron chi connectivity index (χ1n) is 8.42. The van der Waals surface area contributed by atoms with Crippen molar-refractivity contribution in [3.8, 4) is 0 Å². The minimum Gasteiger partial charge on any atom is -0.381 e. The molecule has 19 heavy (non-hydrogen) atoms. The van der Waals surface area contributed by atoms with Gasteiger partial charge in [0, 0.05) is 44.9 Å². The van der Waals surface area contributed by atoms with Crippen LogP contribution in [0.2, 0.25) is 0 Å². The second-order valence-corrected chi connectivity index (χ2v) is 6.80. The van der Waals surface area contributed by atoms with E-state index in [0.29, 0.717) is 0 Å². The van der Waals surface area contributed by atoms with Gasteiger partial charge >= 0.3 is 0 Å². The average Bonchev–Trinajstić information content (AvgIpc) is 3.27. The SMILES string of the molecule is CCCC1CNC(C2CC2)CN1CC1CCOCC1. The van der Waals surface area contributed by atoms with Crippen molar-refractivity contribution in [2.75, 3.05) is 32.8 Å². The van der Waals surface area contributed by atoms with Crippen molar-refractivity contribution in [2.45, 2.75) is 57.5 Å². The van der Waals surface area contributed by atoms with Gasteiger partial charge in [0.25, 0.3) is 0 Å². The lowest BCUT2D eigenvalue weighted by Gasteiger charge is -2.42. The summed E-state index contributed by atoms with van der Waals surface area (Å²) in [6.07, 6.45) is 8.13. The Morgan fingerprint density at radius 3 is 2.63 bits per heavy atom. The third kappa shape index (κ3) is 3.71. The topological polar surface area (TPSA) is 24.5 Å². The van der Waals surface area contributed by atoms with Gasteiger partial charge in [-0.25, -0.2) is 0 Å². The molecule has 1 saturated carbocycles. The maximum Gasteiger partial charge on any atom is 0.0469 e. The van der Waals surface area contributed by atoms with Crippen molar-refractivity contribution >= 4 is 0 Å². The average molecular weight is 266 g/mol. The summed E-state index contributed by atoms with van der Waals surface area (Å²) in [4.78, 5) is 2.82. The molecule has 1 aliphatic carbocycles. The maximum absolute atomic E-state index is 5.50. The molecule has 3 aliphatic rings. The molecule has 0 amide bonds. The van der Waals surface area contributed by atoms with Gasteiger partial charge in [0.2, 0.25) is 0 Å². The van der Waals surface area contributed by atoms with E-state index in [1.165, 1.54) is 58.2 Å². The van der Waals surface area contributed by atoms with Crippen LogP contribution in [-0.4, -0.2) is 49.8 Å². The van der Waals surface area contributed by atoms with Crippen molar-refractivity contribution in [1.82, 2.24) is 10.2 Å². The molecule has 0 bridgehead atoms. The van der Waals surface area contributed by atoms with Crippen LogP contribution in [-0.2, 0) is 4.74 Å². The second kappa shape index (κ2) is 6.55. The minimum atomic E-state index is 0.780. The van der Waals surface area contributed by atoms with Crippen molar-refractivity contribution in [1.29, 1.82) is 0 Å². The Hall–Kier alpha value is -0.120. The lowest BCUT2D eigenvalue weighted by atomic mass is 9.95. The lowest BCUT2D eigenvalue weighted by Crippen LogP contribution is -2.58. The van der Waals surface area contributed by atoms with Crippen molar-refractivity contribution in [2.24, 2.45) is 11.8 Å². The Labute approximate surface area is 118 Å². The van der Waals surface area contributed by atoms with Gasteiger partial charge in [-0.15, -0.1) is 0 Å². The molecule has 3 nitrogen and oxygen atoms in total. The summed E-state index contributed by atoms with van der Waals surface area (Å²) in [5.41, 5.74) is 0. The van der Waals surface area contributed by atoms with Gasteiger partial charge in [-0.2, -0.15) is 0 Å². The van der Waals surface area contributed by atoms with E-state index < -0.39 is 0 Å². The molecule has 2 atom stereocenters. The van der Waals surface area contributed by atoms with E-state index in [-0.39, 0.29) is 0 Å². The predicted octanol–water partition coefficient (Wildman–Crippen LogP) is 2.27. The Balaban J connectivity index is 1.55. The number of rotatable bonds is 5. The standard InChI is InChI=1S/C16H30N2O/c1-2-3-15-10-17-16(14-4-5-14)12-18(15)11-13-6-8-19-9-7-13/h13-17H,2-12H2,1H3. The first-order valence-corrected chi connectivity index (χ1v) is 8.42. The van der Waals surface area contributed by atoms with Gasteiger partial charge in [-0.05, 0) is 43.9 Å². The van der Waals surface area contributed by atoms with Crippen LogP contribution >= 0.6 is 0 Å². The molecule has 0 spiro atoms. The molecule has 1 N–H and O–H groups in total. The number of nitrogens with zero attached hydrogens (tertiary/aromatic N) is 1. The Kier molecular flexibility index (Phi) is 4.78. The molecular formula is C16H30N2O. The van der Waals surface area contributed by atoms with Gasteiger partial charge in [-0.1, -0.05) is 13.3 Å². The summed E-state index contributed by atoms with van der Waals surface area (Å²) in [5.74, 6) is 1.87. The van der Waals surface area contributed by atoms with Crippen LogP contribution in [0.15, 0.2) is 0 Å². The van der Waals surface area contributed by atoms with E-state index in [9.17, 15) is 0 Å². The first-order chi connectivity index (χ1) is 9.36. The third-order valence-electron chi connectivity index (χ3n) is 5.21. The fraction of sp³-hybridized carbons (Fsp3) is 1.00. The van der Waals surface area contributed by atoms with E-state index >= 15 is 0 Å². The number of hydrogen-bond acceptors (Lipinski definition) is 3. The first kappa shape index (κ1) is 13.8. The van der Waals surface area contributed by atoms with Gasteiger partial charge in [0.1, 0.15) is 0 Å². The van der Waals surface area contributed by atoms with Gasteiger partial charge < -0.3 is 10.1 Å². The Morgan fingerprint density at radius 1 is 1.16 bits per heavy atom. The van der Waals surface area contributed by atoms with E-state index in [1.807, 2.05) is 0 Å². The molecule has 2 aliphatic heterocycles. The molecule has 2 unspecified atom stereocenters. The molecule has 3 fully saturated rings. The van der Waals surface area contributed by atoms with Gasteiger partial charge in [0.05, 0.1) is 0 Å². The molecule has 0 aromatic carbocycles. The Bertz CT molecular complexity index is 274. The lowest BCUT2D eigenvalue weighted by molar-refractivity contribution is 0.0326. The highest BCUT2D eigenvalue weighted by molar-refractivity contribution is 4.94. The summed E-state index contributed by atoms with van der Waals surface area (Å²) in [7, 11) is 0. The summed E-state index contributed by atoms with van der Waals surface area (Å²) >= 11 is 0. The zero-order valence-electron chi connectivity index (χ0n) is 12.4. The predicted molar refractivity (Wildman–Crippen MR) is 78.3 cm³/mol. The molecule has 0 aromatic rings. The second-order valence-electron chi connectivity index (χ2n) is 6.80. The molecule has 2 saturated heterocycles. The molecule has 3 rings (SSSR count). The number of ether oxygens (including phenoxy) is 1. The van der Waals surface area contributed by atoms with E-state index in [1.54, 1.807) is 0 Å². The normalized spacial score (nSPS) is 34.6. The Morgan fingerprint density at radius 2 is 1.95 bits per heavy atom. The van der Waals surface area contributed by atoms with Crippen LogP contribution < -0.4 is 5.32 Å². The number of hydrogen-bond donors (Lipinski definition) is 1. The fourth-order valence-electron chi connectivity index (χ4n) is 3.80. The van der Waals surface area contributed by atoms with Gasteiger partial charge in [-0.3, -0.25) is 4.90 Å². The zero-order valence-corrected chi connectivity index (χ0v) is 12.4. The molecule has 2 heterocycles. The van der Waals surface area contributed by atoms with Crippen molar-refractivity contribution in [3.63, 3.8) is 0 Å². The van der Waals surface area contributed by atoms with Crippen molar-refractivity contribution < 1.29 is 4.74 Å². The molecule has 0 aromatic heterocycles. The van der Waals surface area contributed by atoms with Crippen LogP contribution in [0, 0.1) is 11.8 Å². The highest BCUT2D eigenvalue weighted by Crippen LogP contribution is 2.35. The fourth-order valence-corrected chi connectivity index (χ4v) is 3.80. The number of nitrogens with one attached hydrogen (secondary N) is 1. The monoisotopic (exact) mass is 266 g/mol.